The van der Waals surface area contributed by atoms with E-state index < -0.39 is 0 Å². The molecule has 9 heteroatoms. The fourth-order valence-corrected chi connectivity index (χ4v) is 1.21. The molecule has 2 rings (SSSR count). The van der Waals surface area contributed by atoms with E-state index in [4.69, 9.17) is 10.4 Å². The largest absolute Gasteiger partial charge is 0.592 e. The van der Waals surface area contributed by atoms with Crippen LogP contribution in [0.5, 0.6) is 0 Å². The van der Waals surface area contributed by atoms with Crippen LogP contribution < -0.4 is 0 Å². The molecule has 21 heavy (non-hydrogen) atoms. The molecule has 0 aliphatic rings. The molecule has 0 aliphatic heterocycles. The normalized spacial score (nSPS) is 10.9. The Kier molecular flexibility index (Phi) is 9.41. The molecular formula is C12H12CdN4O4. The van der Waals surface area contributed by atoms with Gasteiger partial charge in [0.1, 0.15) is 0 Å². The smallest absolute Gasteiger partial charge is 0.248 e. The van der Waals surface area contributed by atoms with Crippen molar-refractivity contribution in [2.75, 3.05) is 0 Å². The average molecular weight is 389 g/mol. The van der Waals surface area contributed by atoms with Crippen molar-refractivity contribution < 1.29 is 47.4 Å². The summed E-state index contributed by atoms with van der Waals surface area (Å²) >= 11 is 0. The number of hydrogen-bond donors (Lipinski definition) is 2. The van der Waals surface area contributed by atoms with Crippen molar-refractivity contribution >= 4 is 11.4 Å². The van der Waals surface area contributed by atoms with Gasteiger partial charge in [-0.05, 0) is 9.72 Å². The minimum Gasteiger partial charge on any atom is -0.592 e. The Morgan fingerprint density at radius 1 is 0.667 bits per heavy atom. The maximum Gasteiger partial charge on any atom is 0.248 e. The number of para-hydroxylation sites is 2. The summed E-state index contributed by atoms with van der Waals surface area (Å²) in [5, 5.41) is 42.0. The van der Waals surface area contributed by atoms with E-state index in [1.807, 2.05) is 0 Å². The number of rotatable bonds is 2. The molecule has 0 unspecified atom stereocenters. The molecule has 106 valence electrons. The standard InChI is InChI=1S/2C6H6N2O2.Cd/c2*9-7-8(10)6-4-2-1-3-5-6;/h2*1-5,9H;/b2*8-7-;. The Hall–Kier alpha value is -2.24. The molecule has 2 aromatic rings. The van der Waals surface area contributed by atoms with E-state index in [1.165, 1.54) is 0 Å². The van der Waals surface area contributed by atoms with E-state index in [0.717, 1.165) is 0 Å². The molecule has 0 heterocycles. The second-order valence-corrected chi connectivity index (χ2v) is 3.40. The van der Waals surface area contributed by atoms with Crippen molar-refractivity contribution in [2.24, 2.45) is 10.6 Å². The summed E-state index contributed by atoms with van der Waals surface area (Å²) in [5.74, 6) is 0. The van der Waals surface area contributed by atoms with Gasteiger partial charge in [-0.3, -0.25) is 0 Å². The van der Waals surface area contributed by atoms with Crippen molar-refractivity contribution in [3.05, 3.63) is 71.1 Å². The Morgan fingerprint density at radius 3 is 1.19 bits per heavy atom. The van der Waals surface area contributed by atoms with Crippen LogP contribution in [-0.2, 0) is 27.3 Å². The first-order valence-electron chi connectivity index (χ1n) is 5.43. The van der Waals surface area contributed by atoms with Crippen LogP contribution in [0, 0.1) is 10.4 Å². The molecule has 0 aliphatic carbocycles. The zero-order valence-electron chi connectivity index (χ0n) is 11.0. The van der Waals surface area contributed by atoms with Crippen molar-refractivity contribution in [1.29, 1.82) is 0 Å². The van der Waals surface area contributed by atoms with E-state index in [1.54, 1.807) is 60.7 Å². The fraction of sp³-hybridized carbons (Fsp3) is 0. The van der Waals surface area contributed by atoms with E-state index in [2.05, 4.69) is 10.6 Å². The van der Waals surface area contributed by atoms with Gasteiger partial charge in [0.05, 0.1) is 0 Å². The van der Waals surface area contributed by atoms with Crippen LogP contribution in [-0.4, -0.2) is 20.1 Å². The maximum atomic E-state index is 10.5. The Balaban J connectivity index is 0.000000364. The minimum absolute atomic E-state index is 0. The fourth-order valence-electron chi connectivity index (χ4n) is 1.21. The second-order valence-electron chi connectivity index (χ2n) is 3.40. The van der Waals surface area contributed by atoms with Crippen LogP contribution in [0.3, 0.4) is 0 Å². The summed E-state index contributed by atoms with van der Waals surface area (Å²) < 4.78 is 0. The van der Waals surface area contributed by atoms with Gasteiger partial charge in [0.15, 0.2) is 0 Å². The third-order valence-electron chi connectivity index (χ3n) is 2.12. The molecule has 8 nitrogen and oxygen atoms in total. The molecule has 2 N–H and O–H groups in total. The third kappa shape index (κ3) is 6.65. The molecule has 0 atom stereocenters. The van der Waals surface area contributed by atoms with E-state index >= 15 is 0 Å². The van der Waals surface area contributed by atoms with E-state index in [0.29, 0.717) is 11.4 Å². The zero-order valence-corrected chi connectivity index (χ0v) is 15.0. The van der Waals surface area contributed by atoms with Crippen LogP contribution in [0.15, 0.2) is 71.2 Å². The van der Waals surface area contributed by atoms with Crippen molar-refractivity contribution in [1.82, 2.24) is 0 Å². The van der Waals surface area contributed by atoms with Gasteiger partial charge in [-0.1, -0.05) is 36.4 Å². The molecule has 0 amide bonds. The summed E-state index contributed by atoms with van der Waals surface area (Å²) in [5.41, 5.74) is 0.620. The van der Waals surface area contributed by atoms with Crippen LogP contribution in [0.2, 0.25) is 0 Å². The summed E-state index contributed by atoms with van der Waals surface area (Å²) in [6.07, 6.45) is 0. The van der Waals surface area contributed by atoms with Gasteiger partial charge in [0.25, 0.3) is 0 Å². The molecule has 0 aromatic heterocycles. The predicted octanol–water partition coefficient (Wildman–Crippen LogP) is 3.34. The summed E-state index contributed by atoms with van der Waals surface area (Å²) in [7, 11) is 0. The van der Waals surface area contributed by atoms with Gasteiger partial charge < -0.3 is 20.8 Å². The minimum atomic E-state index is 0. The molecule has 0 bridgehead atoms. The Labute approximate surface area is 140 Å². The van der Waals surface area contributed by atoms with Crippen LogP contribution in [0.25, 0.3) is 0 Å². The van der Waals surface area contributed by atoms with Crippen molar-refractivity contribution in [2.45, 2.75) is 0 Å². The topological polar surface area (TPSA) is 117 Å². The first kappa shape index (κ1) is 18.8. The Morgan fingerprint density at radius 2 is 0.952 bits per heavy atom. The van der Waals surface area contributed by atoms with E-state index in [9.17, 15) is 10.4 Å². The number of hydrogen-bond acceptors (Lipinski definition) is 4. The van der Waals surface area contributed by atoms with Crippen LogP contribution in [0.4, 0.5) is 11.4 Å². The van der Waals surface area contributed by atoms with Crippen LogP contribution in [0.1, 0.15) is 0 Å². The molecule has 2 aromatic carbocycles. The molecular weight excluding hydrogens is 377 g/mol. The molecule has 0 saturated heterocycles. The average Bonchev–Trinajstić information content (AvgIpc) is 2.55. The molecule has 0 saturated carbocycles. The van der Waals surface area contributed by atoms with Crippen molar-refractivity contribution in [3.8, 4) is 0 Å². The molecule has 0 radical (unpaired) electrons. The van der Waals surface area contributed by atoms with Gasteiger partial charge in [-0.15, -0.1) is 0 Å². The number of nitrogens with zero attached hydrogens (tertiary/aromatic N) is 4. The first-order valence-corrected chi connectivity index (χ1v) is 5.43. The first-order chi connectivity index (χ1) is 9.69. The molecule has 0 fully saturated rings. The maximum absolute atomic E-state index is 10.5. The summed E-state index contributed by atoms with van der Waals surface area (Å²) in [6.45, 7) is 0. The zero-order chi connectivity index (χ0) is 14.8. The van der Waals surface area contributed by atoms with Gasteiger partial charge in [0, 0.05) is 51.6 Å². The van der Waals surface area contributed by atoms with Crippen LogP contribution >= 0.6 is 0 Å². The third-order valence-corrected chi connectivity index (χ3v) is 2.12. The quantitative estimate of drug-likeness (QED) is 0.355. The monoisotopic (exact) mass is 390 g/mol. The number of benzene rings is 2. The summed E-state index contributed by atoms with van der Waals surface area (Å²) in [4.78, 5) is 0.278. The molecule has 0 spiro atoms. The Bertz CT molecular complexity index is 525. The van der Waals surface area contributed by atoms with Gasteiger partial charge in [-0.25, -0.2) is 0 Å². The summed E-state index contributed by atoms with van der Waals surface area (Å²) in [6, 6.07) is 16.5. The van der Waals surface area contributed by atoms with E-state index in [-0.39, 0.29) is 37.0 Å². The second kappa shape index (κ2) is 10.5. The van der Waals surface area contributed by atoms with Gasteiger partial charge >= 0.3 is 0 Å². The van der Waals surface area contributed by atoms with Crippen molar-refractivity contribution in [3.63, 3.8) is 0 Å². The van der Waals surface area contributed by atoms with Gasteiger partial charge in [0.2, 0.25) is 21.9 Å². The van der Waals surface area contributed by atoms with Gasteiger partial charge in [-0.2, -0.15) is 0 Å². The SMILES string of the molecule is [Cd].[O-]/[N+](=N\O)c1ccccc1.[O-]/[N+](=N\O)c1ccccc1. The predicted molar refractivity (Wildman–Crippen MR) is 67.9 cm³/mol.